The summed E-state index contributed by atoms with van der Waals surface area (Å²) in [4.78, 5) is 15.3. The van der Waals surface area contributed by atoms with Gasteiger partial charge in [-0.3, -0.25) is 0 Å². The Balaban J connectivity index is 1.97. The maximum absolute atomic E-state index is 11.1. The molecule has 0 saturated carbocycles. The highest BCUT2D eigenvalue weighted by Gasteiger charge is 2.17. The van der Waals surface area contributed by atoms with Crippen LogP contribution in [0.15, 0.2) is 5.38 Å². The Morgan fingerprint density at radius 2 is 2.67 bits per heavy atom. The monoisotopic (exact) mass is 228 g/mol. The summed E-state index contributed by atoms with van der Waals surface area (Å²) in [5.74, 6) is -0.401. The van der Waals surface area contributed by atoms with E-state index >= 15 is 0 Å². The molecule has 1 N–H and O–H groups in total. The normalized spacial score (nSPS) is 20.2. The molecule has 15 heavy (non-hydrogen) atoms. The number of nitrogens with zero attached hydrogens (tertiary/aromatic N) is 1. The van der Waals surface area contributed by atoms with Crippen molar-refractivity contribution in [3.8, 4) is 0 Å². The van der Waals surface area contributed by atoms with E-state index < -0.39 is 5.97 Å². The summed E-state index contributed by atoms with van der Waals surface area (Å²) in [7, 11) is 1.35. The van der Waals surface area contributed by atoms with E-state index in [1.807, 2.05) is 0 Å². The van der Waals surface area contributed by atoms with Gasteiger partial charge in [-0.2, -0.15) is 0 Å². The Labute approximate surface area is 91.4 Å². The van der Waals surface area contributed by atoms with E-state index in [2.05, 4.69) is 15.0 Å². The third-order valence-corrected chi connectivity index (χ3v) is 2.93. The minimum absolute atomic E-state index is 0.307. The molecule has 1 unspecified atom stereocenters. The molecule has 0 radical (unpaired) electrons. The molecule has 1 aliphatic heterocycles. The molecule has 0 spiro atoms. The molecule has 0 aliphatic carbocycles. The van der Waals surface area contributed by atoms with Crippen LogP contribution >= 0.6 is 11.3 Å². The maximum atomic E-state index is 11.1. The molecule has 2 heterocycles. The molecule has 0 bridgehead atoms. The van der Waals surface area contributed by atoms with Crippen molar-refractivity contribution in [2.75, 3.05) is 25.6 Å². The summed E-state index contributed by atoms with van der Waals surface area (Å²) < 4.78 is 9.80. The first-order chi connectivity index (χ1) is 7.29. The standard InChI is InChI=1S/C9H12N2O3S/c1-13-8(12)7-5-15-9(11-7)10-6-2-3-14-4-6/h5-6H,2-4H2,1H3,(H,10,11). The number of carbonyl (C=O) groups is 1. The van der Waals surface area contributed by atoms with Crippen molar-refractivity contribution in [1.29, 1.82) is 0 Å². The van der Waals surface area contributed by atoms with Gasteiger partial charge in [-0.1, -0.05) is 0 Å². The van der Waals surface area contributed by atoms with E-state index in [0.717, 1.165) is 18.2 Å². The lowest BCUT2D eigenvalue weighted by molar-refractivity contribution is 0.0595. The fourth-order valence-corrected chi connectivity index (χ4v) is 2.12. The number of anilines is 1. The van der Waals surface area contributed by atoms with Gasteiger partial charge in [0.15, 0.2) is 10.8 Å². The molecule has 1 aromatic heterocycles. The largest absolute Gasteiger partial charge is 0.464 e. The molecule has 1 atom stereocenters. The minimum atomic E-state index is -0.401. The van der Waals surface area contributed by atoms with Crippen LogP contribution in [0.3, 0.4) is 0 Å². The van der Waals surface area contributed by atoms with Crippen molar-refractivity contribution in [3.05, 3.63) is 11.1 Å². The van der Waals surface area contributed by atoms with Gasteiger partial charge in [-0.25, -0.2) is 9.78 Å². The lowest BCUT2D eigenvalue weighted by Crippen LogP contribution is -2.18. The zero-order valence-electron chi connectivity index (χ0n) is 8.36. The van der Waals surface area contributed by atoms with Gasteiger partial charge in [-0.15, -0.1) is 11.3 Å². The van der Waals surface area contributed by atoms with E-state index in [0.29, 0.717) is 18.3 Å². The molecule has 5 nitrogen and oxygen atoms in total. The molecule has 2 rings (SSSR count). The third kappa shape index (κ3) is 2.45. The van der Waals surface area contributed by atoms with Crippen LogP contribution in [0.4, 0.5) is 5.13 Å². The fourth-order valence-electron chi connectivity index (χ4n) is 1.36. The molecule has 82 valence electrons. The molecule has 1 aliphatic rings. The van der Waals surface area contributed by atoms with Gasteiger partial charge in [0, 0.05) is 12.0 Å². The number of nitrogens with one attached hydrogen (secondary N) is 1. The van der Waals surface area contributed by atoms with Gasteiger partial charge >= 0.3 is 5.97 Å². The Bertz CT molecular complexity index is 347. The molecule has 1 fully saturated rings. The number of aromatic nitrogens is 1. The Morgan fingerprint density at radius 3 is 3.33 bits per heavy atom. The van der Waals surface area contributed by atoms with E-state index in [4.69, 9.17) is 4.74 Å². The maximum Gasteiger partial charge on any atom is 0.357 e. The lowest BCUT2D eigenvalue weighted by Gasteiger charge is -2.07. The summed E-state index contributed by atoms with van der Waals surface area (Å²) in [6.07, 6.45) is 0.979. The number of carbonyl (C=O) groups excluding carboxylic acids is 1. The van der Waals surface area contributed by atoms with Crippen LogP contribution in [0.2, 0.25) is 0 Å². The fraction of sp³-hybridized carbons (Fsp3) is 0.556. The SMILES string of the molecule is COC(=O)c1csc(NC2CCOC2)n1. The highest BCUT2D eigenvalue weighted by Crippen LogP contribution is 2.19. The predicted octanol–water partition coefficient (Wildman–Crippen LogP) is 1.13. The van der Waals surface area contributed by atoms with Crippen molar-refractivity contribution >= 4 is 22.4 Å². The molecular weight excluding hydrogens is 216 g/mol. The second-order valence-corrected chi connectivity index (χ2v) is 4.09. The molecular formula is C9H12N2O3S. The summed E-state index contributed by atoms with van der Waals surface area (Å²) in [5, 5.41) is 5.64. The van der Waals surface area contributed by atoms with Gasteiger partial charge in [0.05, 0.1) is 19.8 Å². The molecule has 1 saturated heterocycles. The zero-order chi connectivity index (χ0) is 10.7. The van der Waals surface area contributed by atoms with Crippen LogP contribution < -0.4 is 5.32 Å². The van der Waals surface area contributed by atoms with Crippen molar-refractivity contribution in [1.82, 2.24) is 4.98 Å². The Morgan fingerprint density at radius 1 is 1.80 bits per heavy atom. The first kappa shape index (κ1) is 10.4. The summed E-state index contributed by atoms with van der Waals surface area (Å²) in [6.45, 7) is 1.49. The highest BCUT2D eigenvalue weighted by molar-refractivity contribution is 7.13. The Hall–Kier alpha value is -1.14. The number of esters is 1. The van der Waals surface area contributed by atoms with Crippen molar-refractivity contribution in [2.45, 2.75) is 12.5 Å². The number of thiazole rings is 1. The topological polar surface area (TPSA) is 60.5 Å². The minimum Gasteiger partial charge on any atom is -0.464 e. The number of ether oxygens (including phenoxy) is 2. The predicted molar refractivity (Wildman–Crippen MR) is 56.3 cm³/mol. The first-order valence-electron chi connectivity index (χ1n) is 4.67. The lowest BCUT2D eigenvalue weighted by atomic mass is 10.3. The Kier molecular flexibility index (Phi) is 3.17. The smallest absolute Gasteiger partial charge is 0.357 e. The number of rotatable bonds is 3. The average molecular weight is 228 g/mol. The summed E-state index contributed by atoms with van der Waals surface area (Å²) >= 11 is 1.40. The molecule has 0 aromatic carbocycles. The van der Waals surface area contributed by atoms with Crippen molar-refractivity contribution in [2.24, 2.45) is 0 Å². The van der Waals surface area contributed by atoms with Gasteiger partial charge in [0.25, 0.3) is 0 Å². The van der Waals surface area contributed by atoms with Crippen molar-refractivity contribution < 1.29 is 14.3 Å². The molecule has 1 aromatic rings. The van der Waals surface area contributed by atoms with Gasteiger partial charge in [0.1, 0.15) is 0 Å². The molecule has 6 heteroatoms. The zero-order valence-corrected chi connectivity index (χ0v) is 9.17. The van der Waals surface area contributed by atoms with Gasteiger partial charge < -0.3 is 14.8 Å². The highest BCUT2D eigenvalue weighted by atomic mass is 32.1. The van der Waals surface area contributed by atoms with Gasteiger partial charge in [-0.05, 0) is 6.42 Å². The van der Waals surface area contributed by atoms with Crippen LogP contribution in [0.1, 0.15) is 16.9 Å². The first-order valence-corrected chi connectivity index (χ1v) is 5.55. The van der Waals surface area contributed by atoms with Gasteiger partial charge in [0.2, 0.25) is 0 Å². The summed E-state index contributed by atoms with van der Waals surface area (Å²) in [5.41, 5.74) is 0.351. The third-order valence-electron chi connectivity index (χ3n) is 2.16. The van der Waals surface area contributed by atoms with E-state index in [-0.39, 0.29) is 0 Å². The van der Waals surface area contributed by atoms with Crippen LogP contribution in [0, 0.1) is 0 Å². The second-order valence-electron chi connectivity index (χ2n) is 3.23. The number of hydrogen-bond acceptors (Lipinski definition) is 6. The average Bonchev–Trinajstić information content (AvgIpc) is 2.88. The second kappa shape index (κ2) is 4.59. The van der Waals surface area contributed by atoms with Crippen molar-refractivity contribution in [3.63, 3.8) is 0 Å². The van der Waals surface area contributed by atoms with Crippen LogP contribution in [-0.4, -0.2) is 37.3 Å². The van der Waals surface area contributed by atoms with E-state index in [9.17, 15) is 4.79 Å². The van der Waals surface area contributed by atoms with Crippen LogP contribution in [-0.2, 0) is 9.47 Å². The number of hydrogen-bond donors (Lipinski definition) is 1. The van der Waals surface area contributed by atoms with E-state index in [1.165, 1.54) is 18.4 Å². The quantitative estimate of drug-likeness (QED) is 0.786. The van der Waals surface area contributed by atoms with Crippen LogP contribution in [0.25, 0.3) is 0 Å². The molecule has 0 amide bonds. The van der Waals surface area contributed by atoms with Crippen LogP contribution in [0.5, 0.6) is 0 Å². The number of methoxy groups -OCH3 is 1. The van der Waals surface area contributed by atoms with E-state index in [1.54, 1.807) is 5.38 Å². The summed E-state index contributed by atoms with van der Waals surface area (Å²) in [6, 6.07) is 0.307.